The molecule has 2 aromatic heterocycles. The van der Waals surface area contributed by atoms with Crippen molar-refractivity contribution in [2.24, 2.45) is 5.73 Å². The average Bonchev–Trinajstić information content (AvgIpc) is 3.23. The zero-order chi connectivity index (χ0) is 25.1. The van der Waals surface area contributed by atoms with Crippen LogP contribution in [0, 0.1) is 22.9 Å². The lowest BCUT2D eigenvalue weighted by Crippen LogP contribution is -2.44. The number of H-pyrrole nitrogens is 1. The summed E-state index contributed by atoms with van der Waals surface area (Å²) in [5, 5.41) is 16.3. The van der Waals surface area contributed by atoms with Crippen LogP contribution in [0.15, 0.2) is 36.3 Å². The lowest BCUT2D eigenvalue weighted by molar-refractivity contribution is -0.118. The Kier molecular flexibility index (Phi) is 6.90. The van der Waals surface area contributed by atoms with Crippen LogP contribution in [-0.2, 0) is 4.79 Å². The van der Waals surface area contributed by atoms with Crippen molar-refractivity contribution in [2.45, 2.75) is 37.8 Å². The van der Waals surface area contributed by atoms with Gasteiger partial charge in [-0.15, -0.1) is 0 Å². The Morgan fingerprint density at radius 1 is 1.23 bits per heavy atom. The Bertz CT molecular complexity index is 1310. The van der Waals surface area contributed by atoms with Crippen LogP contribution in [0.1, 0.15) is 25.7 Å². The number of fused-ring (bicyclic) bond motifs is 1. The number of anilines is 1. The third-order valence-electron chi connectivity index (χ3n) is 5.86. The van der Waals surface area contributed by atoms with E-state index in [1.54, 1.807) is 7.05 Å². The van der Waals surface area contributed by atoms with E-state index in [1.807, 2.05) is 0 Å². The molecule has 2 heterocycles. The van der Waals surface area contributed by atoms with Crippen LogP contribution >= 0.6 is 0 Å². The third-order valence-corrected chi connectivity index (χ3v) is 5.86. The van der Waals surface area contributed by atoms with Gasteiger partial charge in [-0.05, 0) is 31.7 Å². The minimum atomic E-state index is -0.749. The standard InChI is InChI=1S/C23H25F3N8O/c1-29-18(8-19(27)28)23(35)33-13-4-2-3-12(7-13)32-22-17(26)10-31-21(34-22)15-9-30-20-14(15)5-11(24)6-16(20)25/h5-6,8-10,12-13,29-30H,2-4,7H2,1H3,(H3,27,28)(H,33,35)(H,31,32,34)/b18-8-. The number of nitrogens with two attached hydrogens (primary N) is 1. The molecule has 2 atom stereocenters. The highest BCUT2D eigenvalue weighted by atomic mass is 19.1. The smallest absolute Gasteiger partial charge is 0.267 e. The topological polar surface area (TPSA) is 145 Å². The Morgan fingerprint density at radius 2 is 2.00 bits per heavy atom. The second kappa shape index (κ2) is 10.0. The quantitative estimate of drug-likeness (QED) is 0.172. The Labute approximate surface area is 198 Å². The fraction of sp³-hybridized carbons (Fsp3) is 0.304. The van der Waals surface area contributed by atoms with Gasteiger partial charge >= 0.3 is 0 Å². The molecule has 1 amide bonds. The molecule has 1 fully saturated rings. The van der Waals surface area contributed by atoms with Crippen molar-refractivity contribution < 1.29 is 18.0 Å². The number of carbonyl (C=O) groups is 1. The van der Waals surface area contributed by atoms with E-state index < -0.39 is 17.5 Å². The van der Waals surface area contributed by atoms with Gasteiger partial charge in [0, 0.05) is 48.4 Å². The van der Waals surface area contributed by atoms with Crippen LogP contribution in [0.5, 0.6) is 0 Å². The van der Waals surface area contributed by atoms with E-state index in [1.165, 1.54) is 18.3 Å². The van der Waals surface area contributed by atoms with Crippen molar-refractivity contribution in [3.63, 3.8) is 0 Å². The van der Waals surface area contributed by atoms with Gasteiger partial charge in [0.15, 0.2) is 17.5 Å². The van der Waals surface area contributed by atoms with Crippen LogP contribution in [-0.4, -0.2) is 45.8 Å². The average molecular weight is 487 g/mol. The van der Waals surface area contributed by atoms with Crippen LogP contribution < -0.4 is 21.7 Å². The first-order chi connectivity index (χ1) is 16.7. The predicted molar refractivity (Wildman–Crippen MR) is 126 cm³/mol. The number of likely N-dealkylation sites (N-methyl/N-ethyl adjacent to an activating group) is 1. The summed E-state index contributed by atoms with van der Waals surface area (Å²) in [5.41, 5.74) is 5.96. The van der Waals surface area contributed by atoms with Gasteiger partial charge in [-0.1, -0.05) is 0 Å². The van der Waals surface area contributed by atoms with Crippen molar-refractivity contribution in [2.75, 3.05) is 12.4 Å². The van der Waals surface area contributed by atoms with Crippen LogP contribution in [0.25, 0.3) is 22.3 Å². The van der Waals surface area contributed by atoms with Crippen LogP contribution in [0.3, 0.4) is 0 Å². The first-order valence-corrected chi connectivity index (χ1v) is 11.0. The number of benzene rings is 1. The summed E-state index contributed by atoms with van der Waals surface area (Å²) in [4.78, 5) is 23.5. The molecule has 1 aliphatic carbocycles. The number of hydrogen-bond acceptors (Lipinski definition) is 6. The van der Waals surface area contributed by atoms with E-state index in [0.29, 0.717) is 12.0 Å². The van der Waals surface area contributed by atoms with Crippen molar-refractivity contribution >= 4 is 28.5 Å². The minimum absolute atomic E-state index is 0.0365. The van der Waals surface area contributed by atoms with Gasteiger partial charge in [0.05, 0.1) is 11.7 Å². The Hall–Kier alpha value is -4.09. The molecule has 1 saturated carbocycles. The molecule has 2 unspecified atom stereocenters. The first kappa shape index (κ1) is 24.0. The highest BCUT2D eigenvalue weighted by molar-refractivity contribution is 6.01. The van der Waals surface area contributed by atoms with Gasteiger partial charge in [0.25, 0.3) is 5.91 Å². The van der Waals surface area contributed by atoms with Crippen molar-refractivity contribution in [1.29, 1.82) is 5.41 Å². The van der Waals surface area contributed by atoms with E-state index in [0.717, 1.165) is 31.5 Å². The Balaban J connectivity index is 1.50. The molecular formula is C23H25F3N8O. The number of rotatable bonds is 7. The molecule has 0 saturated heterocycles. The SMILES string of the molecule is CN/C(=C\C(=N)N)C(=O)NC1CCCC(Nc2nc(-c3c[nH]c4c(F)cc(F)cc34)ncc2F)C1. The number of amides is 1. The highest BCUT2D eigenvalue weighted by Crippen LogP contribution is 2.30. The number of nitrogens with zero attached hydrogens (tertiary/aromatic N) is 2. The summed E-state index contributed by atoms with van der Waals surface area (Å²) in [6, 6.07) is 1.58. The van der Waals surface area contributed by atoms with Crippen molar-refractivity contribution in [3.8, 4) is 11.4 Å². The molecule has 12 heteroatoms. The van der Waals surface area contributed by atoms with E-state index in [9.17, 15) is 18.0 Å². The fourth-order valence-electron chi connectivity index (χ4n) is 4.25. The maximum atomic E-state index is 14.6. The monoisotopic (exact) mass is 486 g/mol. The van der Waals surface area contributed by atoms with Gasteiger partial charge < -0.3 is 26.7 Å². The molecular weight excluding hydrogens is 461 g/mol. The lowest BCUT2D eigenvalue weighted by Gasteiger charge is -2.31. The summed E-state index contributed by atoms with van der Waals surface area (Å²) >= 11 is 0. The summed E-state index contributed by atoms with van der Waals surface area (Å²) in [7, 11) is 1.56. The number of nitrogens with one attached hydrogen (secondary N) is 5. The van der Waals surface area contributed by atoms with Gasteiger partial charge in [-0.3, -0.25) is 10.2 Å². The molecule has 9 nitrogen and oxygen atoms in total. The molecule has 0 spiro atoms. The number of amidine groups is 1. The fourth-order valence-corrected chi connectivity index (χ4v) is 4.25. The maximum Gasteiger partial charge on any atom is 0.267 e. The number of aromatic amines is 1. The third kappa shape index (κ3) is 5.36. The van der Waals surface area contributed by atoms with E-state index >= 15 is 0 Å². The van der Waals surface area contributed by atoms with Crippen molar-refractivity contribution in [3.05, 3.63) is 53.8 Å². The van der Waals surface area contributed by atoms with Gasteiger partial charge in [-0.25, -0.2) is 23.1 Å². The van der Waals surface area contributed by atoms with Gasteiger partial charge in [0.2, 0.25) is 0 Å². The van der Waals surface area contributed by atoms with Crippen LogP contribution in [0.4, 0.5) is 19.0 Å². The molecule has 35 heavy (non-hydrogen) atoms. The summed E-state index contributed by atoms with van der Waals surface area (Å²) in [6.07, 6.45) is 6.47. The van der Waals surface area contributed by atoms with E-state index in [-0.39, 0.29) is 52.1 Å². The molecule has 0 aliphatic heterocycles. The van der Waals surface area contributed by atoms with Gasteiger partial charge in [-0.2, -0.15) is 0 Å². The number of carbonyl (C=O) groups excluding carboxylic acids is 1. The normalized spacial score (nSPS) is 18.3. The van der Waals surface area contributed by atoms with Crippen LogP contribution in [0.2, 0.25) is 0 Å². The molecule has 4 rings (SSSR count). The molecule has 1 aliphatic rings. The predicted octanol–water partition coefficient (Wildman–Crippen LogP) is 2.92. The summed E-state index contributed by atoms with van der Waals surface area (Å²) in [5.74, 6) is -2.72. The molecule has 1 aromatic carbocycles. The molecule has 184 valence electrons. The van der Waals surface area contributed by atoms with Crippen molar-refractivity contribution in [1.82, 2.24) is 25.6 Å². The van der Waals surface area contributed by atoms with E-state index in [4.69, 9.17) is 11.1 Å². The first-order valence-electron chi connectivity index (χ1n) is 11.0. The lowest BCUT2D eigenvalue weighted by atomic mass is 9.91. The second-order valence-electron chi connectivity index (χ2n) is 8.34. The van der Waals surface area contributed by atoms with E-state index in [2.05, 4.69) is 30.9 Å². The highest BCUT2D eigenvalue weighted by Gasteiger charge is 2.26. The zero-order valence-electron chi connectivity index (χ0n) is 18.9. The zero-order valence-corrected chi connectivity index (χ0v) is 18.9. The summed E-state index contributed by atoms with van der Waals surface area (Å²) in [6.45, 7) is 0. The Morgan fingerprint density at radius 3 is 2.74 bits per heavy atom. The molecule has 0 radical (unpaired) electrons. The minimum Gasteiger partial charge on any atom is -0.384 e. The maximum absolute atomic E-state index is 14.6. The number of hydrogen-bond donors (Lipinski definition) is 6. The second-order valence-corrected chi connectivity index (χ2v) is 8.34. The van der Waals surface area contributed by atoms with Gasteiger partial charge in [0.1, 0.15) is 23.2 Å². The molecule has 7 N–H and O–H groups in total. The number of aromatic nitrogens is 3. The molecule has 3 aromatic rings. The number of halogens is 3. The largest absolute Gasteiger partial charge is 0.384 e. The summed E-state index contributed by atoms with van der Waals surface area (Å²) < 4.78 is 42.4. The molecule has 0 bridgehead atoms.